The lowest BCUT2D eigenvalue weighted by atomic mass is 9.75. The van der Waals surface area contributed by atoms with E-state index in [4.69, 9.17) is 5.11 Å². The van der Waals surface area contributed by atoms with Gasteiger partial charge in [-0.3, -0.25) is 4.90 Å². The third kappa shape index (κ3) is 2.56. The summed E-state index contributed by atoms with van der Waals surface area (Å²) in [5.74, 6) is -3.11. The summed E-state index contributed by atoms with van der Waals surface area (Å²) in [5.41, 5.74) is -1.19. The number of nitrogens with zero attached hydrogens (tertiary/aromatic N) is 3. The average molecular weight is 315 g/mol. The van der Waals surface area contributed by atoms with Gasteiger partial charge >= 0.3 is 0 Å². The van der Waals surface area contributed by atoms with Gasteiger partial charge in [0.15, 0.2) is 11.6 Å². The van der Waals surface area contributed by atoms with E-state index in [9.17, 15) is 13.2 Å². The van der Waals surface area contributed by atoms with Crippen LogP contribution in [-0.4, -0.2) is 60.2 Å². The maximum Gasteiger partial charge on any atom is 0.257 e. The van der Waals surface area contributed by atoms with Gasteiger partial charge in [-0.15, -0.1) is 0 Å². The van der Waals surface area contributed by atoms with E-state index in [0.717, 1.165) is 0 Å². The van der Waals surface area contributed by atoms with Crippen molar-refractivity contribution in [1.29, 1.82) is 0 Å². The van der Waals surface area contributed by atoms with Crippen molar-refractivity contribution in [2.24, 2.45) is 5.41 Å². The van der Waals surface area contributed by atoms with Crippen LogP contribution in [0.4, 0.5) is 19.0 Å². The molecule has 22 heavy (non-hydrogen) atoms. The van der Waals surface area contributed by atoms with Crippen molar-refractivity contribution in [2.45, 2.75) is 18.8 Å². The number of anilines is 1. The number of rotatable bonds is 3. The van der Waals surface area contributed by atoms with Crippen LogP contribution in [-0.2, 0) is 0 Å². The van der Waals surface area contributed by atoms with Crippen LogP contribution in [0.15, 0.2) is 18.3 Å². The Hall–Kier alpha value is -1.34. The molecule has 2 aliphatic heterocycles. The first-order valence-corrected chi connectivity index (χ1v) is 7.54. The van der Waals surface area contributed by atoms with Gasteiger partial charge in [-0.1, -0.05) is 0 Å². The fourth-order valence-corrected chi connectivity index (χ4v) is 3.61. The molecule has 1 spiro atoms. The van der Waals surface area contributed by atoms with Crippen molar-refractivity contribution in [1.82, 2.24) is 9.88 Å². The molecule has 0 aromatic carbocycles. The van der Waals surface area contributed by atoms with Gasteiger partial charge in [0.05, 0.1) is 12.0 Å². The third-order valence-electron chi connectivity index (χ3n) is 4.85. The Balaban J connectivity index is 1.82. The van der Waals surface area contributed by atoms with E-state index < -0.39 is 17.2 Å². The Morgan fingerprint density at radius 1 is 1.23 bits per heavy atom. The number of alkyl halides is 2. The molecule has 0 bridgehead atoms. The van der Waals surface area contributed by atoms with E-state index in [-0.39, 0.29) is 38.5 Å². The lowest BCUT2D eigenvalue weighted by Gasteiger charge is -2.45. The number of hydrogen-bond donors (Lipinski definition) is 1. The molecule has 0 amide bonds. The number of likely N-dealkylation sites (tertiary alicyclic amines) is 1. The molecule has 3 heterocycles. The molecule has 0 radical (unpaired) electrons. The molecular weight excluding hydrogens is 295 g/mol. The Morgan fingerprint density at radius 3 is 2.77 bits per heavy atom. The minimum absolute atomic E-state index is 0.0414. The zero-order valence-corrected chi connectivity index (χ0v) is 12.3. The maximum atomic E-state index is 14.5. The molecule has 1 N–H and O–H groups in total. The largest absolute Gasteiger partial charge is 0.395 e. The summed E-state index contributed by atoms with van der Waals surface area (Å²) in [6.45, 7) is 1.33. The van der Waals surface area contributed by atoms with Gasteiger partial charge in [0, 0.05) is 45.3 Å². The second-order valence-corrected chi connectivity index (χ2v) is 6.21. The van der Waals surface area contributed by atoms with E-state index in [2.05, 4.69) is 4.98 Å². The highest BCUT2D eigenvalue weighted by molar-refractivity contribution is 5.42. The van der Waals surface area contributed by atoms with Gasteiger partial charge in [-0.05, 0) is 18.6 Å². The molecule has 7 heteroatoms. The lowest BCUT2D eigenvalue weighted by Crippen LogP contribution is -2.57. The number of aliphatic hydroxyl groups is 1. The first kappa shape index (κ1) is 15.6. The van der Waals surface area contributed by atoms with Gasteiger partial charge in [-0.25, -0.2) is 18.2 Å². The van der Waals surface area contributed by atoms with Crippen molar-refractivity contribution in [3.05, 3.63) is 24.1 Å². The van der Waals surface area contributed by atoms with Crippen LogP contribution < -0.4 is 4.90 Å². The van der Waals surface area contributed by atoms with Gasteiger partial charge < -0.3 is 10.0 Å². The van der Waals surface area contributed by atoms with Gasteiger partial charge in [0.2, 0.25) is 0 Å². The molecule has 1 aromatic rings. The highest BCUT2D eigenvalue weighted by Gasteiger charge is 2.59. The number of halogens is 3. The number of β-amino-alcohol motifs (C(OH)–C–C–N with tert-alkyl or cyclic N) is 1. The van der Waals surface area contributed by atoms with E-state index >= 15 is 0 Å². The molecule has 2 saturated heterocycles. The van der Waals surface area contributed by atoms with E-state index in [1.54, 1.807) is 4.90 Å². The second kappa shape index (κ2) is 5.70. The minimum Gasteiger partial charge on any atom is -0.395 e. The van der Waals surface area contributed by atoms with Crippen LogP contribution in [0.25, 0.3) is 0 Å². The first-order chi connectivity index (χ1) is 10.5. The molecule has 1 aromatic heterocycles. The minimum atomic E-state index is -2.78. The van der Waals surface area contributed by atoms with E-state index in [1.807, 2.05) is 4.90 Å². The predicted molar refractivity (Wildman–Crippen MR) is 76.5 cm³/mol. The Kier molecular flexibility index (Phi) is 4.03. The maximum absolute atomic E-state index is 14.5. The van der Waals surface area contributed by atoms with Gasteiger partial charge in [0.25, 0.3) is 5.92 Å². The van der Waals surface area contributed by atoms with Gasteiger partial charge in [0.1, 0.15) is 0 Å². The van der Waals surface area contributed by atoms with Crippen LogP contribution in [0.1, 0.15) is 12.8 Å². The highest BCUT2D eigenvalue weighted by atomic mass is 19.3. The van der Waals surface area contributed by atoms with Gasteiger partial charge in [-0.2, -0.15) is 0 Å². The highest BCUT2D eigenvalue weighted by Crippen LogP contribution is 2.50. The van der Waals surface area contributed by atoms with E-state index in [0.29, 0.717) is 19.5 Å². The summed E-state index contributed by atoms with van der Waals surface area (Å²) in [4.78, 5) is 7.48. The zero-order valence-electron chi connectivity index (χ0n) is 12.3. The average Bonchev–Trinajstić information content (AvgIpc) is 2.90. The molecule has 3 rings (SSSR count). The van der Waals surface area contributed by atoms with Crippen molar-refractivity contribution in [2.75, 3.05) is 44.2 Å². The van der Waals surface area contributed by atoms with Crippen LogP contribution in [0.3, 0.4) is 0 Å². The SMILES string of the molecule is OCCN1CCC(F)(F)C2(CCN(c3ncccc3F)C2)C1. The third-order valence-corrected chi connectivity index (χ3v) is 4.85. The Morgan fingerprint density at radius 2 is 2.05 bits per heavy atom. The topological polar surface area (TPSA) is 39.6 Å². The monoisotopic (exact) mass is 315 g/mol. The zero-order chi connectivity index (χ0) is 15.8. The molecule has 1 unspecified atom stereocenters. The second-order valence-electron chi connectivity index (χ2n) is 6.21. The van der Waals surface area contributed by atoms with Crippen molar-refractivity contribution in [3.8, 4) is 0 Å². The number of hydrogen-bond acceptors (Lipinski definition) is 4. The molecule has 2 aliphatic rings. The summed E-state index contributed by atoms with van der Waals surface area (Å²) in [7, 11) is 0. The van der Waals surface area contributed by atoms with Crippen LogP contribution in [0, 0.1) is 11.2 Å². The van der Waals surface area contributed by atoms with Crippen molar-refractivity contribution in [3.63, 3.8) is 0 Å². The molecular formula is C15H20F3N3O. The molecule has 0 saturated carbocycles. The van der Waals surface area contributed by atoms with Crippen molar-refractivity contribution >= 4 is 5.82 Å². The number of aromatic nitrogens is 1. The summed E-state index contributed by atoms with van der Waals surface area (Å²) in [5, 5.41) is 9.05. The summed E-state index contributed by atoms with van der Waals surface area (Å²) in [6.07, 6.45) is 1.56. The molecule has 1 atom stereocenters. The molecule has 0 aliphatic carbocycles. The standard InChI is InChI=1S/C15H20F3N3O/c16-12-2-1-5-19-13(12)21-7-3-14(11-21)10-20(8-9-22)6-4-15(14,17)18/h1-2,5,22H,3-4,6-11H2. The van der Waals surface area contributed by atoms with Crippen LogP contribution in [0.5, 0.6) is 0 Å². The molecule has 122 valence electrons. The van der Waals surface area contributed by atoms with Crippen LogP contribution >= 0.6 is 0 Å². The smallest absolute Gasteiger partial charge is 0.257 e. The number of piperidine rings is 1. The van der Waals surface area contributed by atoms with Crippen LogP contribution in [0.2, 0.25) is 0 Å². The Labute approximate surface area is 127 Å². The normalized spacial score (nSPS) is 28.5. The van der Waals surface area contributed by atoms with Crippen molar-refractivity contribution < 1.29 is 18.3 Å². The summed E-state index contributed by atoms with van der Waals surface area (Å²) < 4.78 is 42.9. The summed E-state index contributed by atoms with van der Waals surface area (Å²) in [6, 6.07) is 2.78. The molecule has 4 nitrogen and oxygen atoms in total. The first-order valence-electron chi connectivity index (χ1n) is 7.54. The predicted octanol–water partition coefficient (Wildman–Crippen LogP) is 1.75. The van der Waals surface area contributed by atoms with E-state index in [1.165, 1.54) is 18.3 Å². The fourth-order valence-electron chi connectivity index (χ4n) is 3.61. The quantitative estimate of drug-likeness (QED) is 0.922. The Bertz CT molecular complexity index is 543. The fraction of sp³-hybridized carbons (Fsp3) is 0.667. The molecule has 2 fully saturated rings. The lowest BCUT2D eigenvalue weighted by molar-refractivity contribution is -0.158. The number of pyridine rings is 1. The summed E-state index contributed by atoms with van der Waals surface area (Å²) >= 11 is 0. The number of aliphatic hydroxyl groups excluding tert-OH is 1.